The van der Waals surface area contributed by atoms with E-state index < -0.39 is 0 Å². The Balaban J connectivity index is 2.03. The number of allylic oxidation sites excluding steroid dienone is 5. The number of methoxy groups -OCH3 is 1. The molecule has 0 radical (unpaired) electrons. The van der Waals surface area contributed by atoms with Crippen molar-refractivity contribution < 1.29 is 4.74 Å². The van der Waals surface area contributed by atoms with Crippen LogP contribution in [0.5, 0.6) is 0 Å². The molecule has 2 aromatic carbocycles. The summed E-state index contributed by atoms with van der Waals surface area (Å²) in [5, 5.41) is 0. The molecule has 0 heterocycles. The van der Waals surface area contributed by atoms with Crippen molar-refractivity contribution in [2.75, 3.05) is 7.11 Å². The first-order chi connectivity index (χ1) is 11.3. The molecular formula is C22H22O. The third-order valence-corrected chi connectivity index (χ3v) is 4.19. The normalized spacial score (nSPS) is 15.0. The number of rotatable bonds is 4. The van der Waals surface area contributed by atoms with Gasteiger partial charge in [0.15, 0.2) is 0 Å². The Labute approximate surface area is 138 Å². The Morgan fingerprint density at radius 2 is 1.65 bits per heavy atom. The molecule has 0 fully saturated rings. The number of hydrogen-bond donors (Lipinski definition) is 0. The highest BCUT2D eigenvalue weighted by molar-refractivity contribution is 5.91. The molecule has 0 saturated carbocycles. The maximum atomic E-state index is 5.35. The van der Waals surface area contributed by atoms with Crippen LogP contribution in [-0.2, 0) is 4.74 Å². The molecule has 0 saturated heterocycles. The SMILES string of the molecule is COC1=CC=C(/C(=C/c2ccc(C)cc2)c2ccccc2)CC1. The number of hydrogen-bond acceptors (Lipinski definition) is 1. The van der Waals surface area contributed by atoms with Gasteiger partial charge >= 0.3 is 0 Å². The lowest BCUT2D eigenvalue weighted by Crippen LogP contribution is -1.98. The fourth-order valence-corrected chi connectivity index (χ4v) is 2.82. The highest BCUT2D eigenvalue weighted by Gasteiger charge is 2.12. The quantitative estimate of drug-likeness (QED) is 0.650. The minimum absolute atomic E-state index is 0.959. The fraction of sp³-hybridized carbons (Fsp3) is 0.182. The van der Waals surface area contributed by atoms with Crippen LogP contribution >= 0.6 is 0 Å². The Bertz CT molecular complexity index is 746. The summed E-state index contributed by atoms with van der Waals surface area (Å²) in [7, 11) is 1.74. The Kier molecular flexibility index (Phi) is 4.77. The number of ether oxygens (including phenoxy) is 1. The van der Waals surface area contributed by atoms with Gasteiger partial charge in [0.1, 0.15) is 0 Å². The molecule has 23 heavy (non-hydrogen) atoms. The van der Waals surface area contributed by atoms with Crippen LogP contribution in [0.2, 0.25) is 0 Å². The predicted octanol–water partition coefficient (Wildman–Crippen LogP) is 5.79. The lowest BCUT2D eigenvalue weighted by Gasteiger charge is -2.17. The van der Waals surface area contributed by atoms with Gasteiger partial charge in [-0.15, -0.1) is 0 Å². The van der Waals surface area contributed by atoms with E-state index >= 15 is 0 Å². The van der Waals surface area contributed by atoms with Crippen LogP contribution in [0.25, 0.3) is 11.6 Å². The average Bonchev–Trinajstić information content (AvgIpc) is 2.62. The second kappa shape index (κ2) is 7.15. The van der Waals surface area contributed by atoms with Gasteiger partial charge in [0, 0.05) is 6.42 Å². The Hall–Kier alpha value is -2.54. The van der Waals surface area contributed by atoms with Crippen molar-refractivity contribution in [1.29, 1.82) is 0 Å². The van der Waals surface area contributed by atoms with Gasteiger partial charge in [-0.3, -0.25) is 0 Å². The lowest BCUT2D eigenvalue weighted by atomic mass is 9.90. The molecule has 0 unspecified atom stereocenters. The molecule has 0 aliphatic heterocycles. The van der Waals surface area contributed by atoms with Gasteiger partial charge in [0.05, 0.1) is 12.9 Å². The van der Waals surface area contributed by atoms with Crippen LogP contribution in [-0.4, -0.2) is 7.11 Å². The smallest absolute Gasteiger partial charge is 0.0958 e. The zero-order valence-electron chi connectivity index (χ0n) is 13.8. The minimum atomic E-state index is 0.959. The molecule has 1 nitrogen and oxygen atoms in total. The van der Waals surface area contributed by atoms with Crippen molar-refractivity contribution in [3.05, 3.63) is 94.8 Å². The molecule has 0 atom stereocenters. The van der Waals surface area contributed by atoms with Crippen molar-refractivity contribution in [2.45, 2.75) is 19.8 Å². The van der Waals surface area contributed by atoms with Crippen LogP contribution in [0.3, 0.4) is 0 Å². The maximum Gasteiger partial charge on any atom is 0.0958 e. The molecule has 1 aliphatic rings. The van der Waals surface area contributed by atoms with E-state index in [1.54, 1.807) is 7.11 Å². The van der Waals surface area contributed by atoms with Crippen molar-refractivity contribution in [2.24, 2.45) is 0 Å². The topological polar surface area (TPSA) is 9.23 Å². The molecule has 1 aliphatic carbocycles. The van der Waals surface area contributed by atoms with Crippen molar-refractivity contribution in [3.8, 4) is 0 Å². The van der Waals surface area contributed by atoms with Crippen LogP contribution in [0, 0.1) is 6.92 Å². The van der Waals surface area contributed by atoms with E-state index in [-0.39, 0.29) is 0 Å². The summed E-state index contributed by atoms with van der Waals surface area (Å²) in [5.41, 5.74) is 6.43. The van der Waals surface area contributed by atoms with E-state index in [0.29, 0.717) is 0 Å². The monoisotopic (exact) mass is 302 g/mol. The summed E-state index contributed by atoms with van der Waals surface area (Å²) in [5.74, 6) is 1.05. The standard InChI is InChI=1S/C22H22O/c1-17-8-10-18(11-9-17)16-22(19-6-4-3-5-7-19)20-12-14-21(23-2)15-13-20/h3-12,14,16H,13,15H2,1-2H3/b22-16+. The van der Waals surface area contributed by atoms with Gasteiger partial charge in [-0.05, 0) is 47.8 Å². The summed E-state index contributed by atoms with van der Waals surface area (Å²) in [6.45, 7) is 2.12. The summed E-state index contributed by atoms with van der Waals surface area (Å²) >= 11 is 0. The van der Waals surface area contributed by atoms with Crippen LogP contribution in [0.15, 0.2) is 78.1 Å². The van der Waals surface area contributed by atoms with Gasteiger partial charge in [-0.1, -0.05) is 66.2 Å². The zero-order chi connectivity index (χ0) is 16.1. The molecule has 0 bridgehead atoms. The highest BCUT2D eigenvalue weighted by atomic mass is 16.5. The number of aryl methyl sites for hydroxylation is 1. The summed E-state index contributed by atoms with van der Waals surface area (Å²) in [4.78, 5) is 0. The van der Waals surface area contributed by atoms with Gasteiger partial charge in [0.2, 0.25) is 0 Å². The summed E-state index contributed by atoms with van der Waals surface area (Å²) < 4.78 is 5.35. The van der Waals surface area contributed by atoms with Crippen LogP contribution < -0.4 is 0 Å². The second-order valence-electron chi connectivity index (χ2n) is 5.86. The second-order valence-corrected chi connectivity index (χ2v) is 5.86. The van der Waals surface area contributed by atoms with E-state index in [1.807, 2.05) is 0 Å². The van der Waals surface area contributed by atoms with Crippen molar-refractivity contribution in [1.82, 2.24) is 0 Å². The summed E-state index contributed by atoms with van der Waals surface area (Å²) in [6, 6.07) is 19.3. The maximum absolute atomic E-state index is 5.35. The molecule has 116 valence electrons. The van der Waals surface area contributed by atoms with Crippen molar-refractivity contribution in [3.63, 3.8) is 0 Å². The van der Waals surface area contributed by atoms with E-state index in [2.05, 4.69) is 79.7 Å². The first-order valence-electron chi connectivity index (χ1n) is 8.04. The van der Waals surface area contributed by atoms with Gasteiger partial charge in [-0.2, -0.15) is 0 Å². The molecule has 3 rings (SSSR count). The van der Waals surface area contributed by atoms with Gasteiger partial charge < -0.3 is 4.74 Å². The minimum Gasteiger partial charge on any atom is -0.501 e. The van der Waals surface area contributed by atoms with Gasteiger partial charge in [0.25, 0.3) is 0 Å². The molecule has 1 heteroatoms. The first-order valence-corrected chi connectivity index (χ1v) is 8.04. The van der Waals surface area contributed by atoms with Crippen LogP contribution in [0.4, 0.5) is 0 Å². The zero-order valence-corrected chi connectivity index (χ0v) is 13.8. The average molecular weight is 302 g/mol. The van der Waals surface area contributed by atoms with E-state index in [0.717, 1.165) is 18.6 Å². The number of benzene rings is 2. The third-order valence-electron chi connectivity index (χ3n) is 4.19. The van der Waals surface area contributed by atoms with Gasteiger partial charge in [-0.25, -0.2) is 0 Å². The summed E-state index contributed by atoms with van der Waals surface area (Å²) in [6.07, 6.45) is 8.53. The van der Waals surface area contributed by atoms with E-state index in [9.17, 15) is 0 Å². The predicted molar refractivity (Wildman–Crippen MR) is 97.9 cm³/mol. The highest BCUT2D eigenvalue weighted by Crippen LogP contribution is 2.32. The Morgan fingerprint density at radius 3 is 2.26 bits per heavy atom. The largest absolute Gasteiger partial charge is 0.501 e. The van der Waals surface area contributed by atoms with Crippen molar-refractivity contribution >= 4 is 11.6 Å². The molecule has 0 N–H and O–H groups in total. The Morgan fingerprint density at radius 1 is 0.913 bits per heavy atom. The molecule has 0 aromatic heterocycles. The first kappa shape index (κ1) is 15.4. The lowest BCUT2D eigenvalue weighted by molar-refractivity contribution is 0.276. The van der Waals surface area contributed by atoms with Crippen LogP contribution in [0.1, 0.15) is 29.5 Å². The molecular weight excluding hydrogens is 280 g/mol. The molecule has 2 aromatic rings. The van der Waals surface area contributed by atoms with E-state index in [4.69, 9.17) is 4.74 Å². The molecule has 0 amide bonds. The molecule has 0 spiro atoms. The third kappa shape index (κ3) is 3.81. The fourth-order valence-electron chi connectivity index (χ4n) is 2.82. The van der Waals surface area contributed by atoms with E-state index in [1.165, 1.54) is 27.8 Å².